The van der Waals surface area contributed by atoms with Crippen LogP contribution in [-0.2, 0) is 27.9 Å². The third kappa shape index (κ3) is 15.9. The van der Waals surface area contributed by atoms with Gasteiger partial charge in [-0.1, -0.05) is 100 Å². The summed E-state index contributed by atoms with van der Waals surface area (Å²) in [5, 5.41) is 46.8. The fraction of sp³-hybridized carbons (Fsp3) is 0.885. The number of hydrogen-bond donors (Lipinski definition) is 4. The summed E-state index contributed by atoms with van der Waals surface area (Å²) in [4.78, 5) is 32.1. The number of esters is 1. The van der Waals surface area contributed by atoms with Crippen LogP contribution in [0.1, 0.15) is 154 Å². The first-order chi connectivity index (χ1) is 30.8. The van der Waals surface area contributed by atoms with Gasteiger partial charge in [-0.05, 0) is 101 Å². The Morgan fingerprint density at radius 3 is 2.07 bits per heavy atom. The van der Waals surface area contributed by atoms with Gasteiger partial charge >= 0.3 is 12.1 Å². The highest BCUT2D eigenvalue weighted by Crippen LogP contribution is 2.44. The molecule has 12 atom stereocenters. The Labute approximate surface area is 408 Å². The maximum Gasteiger partial charge on any atom is 0.410 e. The molecule has 4 N–H and O–H groups in total. The number of carbonyl (C=O) groups excluding carboxylic acids is 2. The molecule has 1 aliphatic carbocycles. The number of amides is 1. The van der Waals surface area contributed by atoms with Crippen LogP contribution < -0.4 is 0 Å². The molecule has 7 unspecified atom stereocenters. The maximum atomic E-state index is 13.9. The molecule has 0 aromatic rings. The van der Waals surface area contributed by atoms with Gasteiger partial charge in [0, 0.05) is 56.6 Å². The molecule has 15 heteroatoms. The van der Waals surface area contributed by atoms with Crippen LogP contribution in [0.25, 0.3) is 0 Å². The van der Waals surface area contributed by atoms with Crippen molar-refractivity contribution < 1.29 is 53.1 Å². The number of carbonyl (C=O) groups is 2. The molecule has 0 spiro atoms. The van der Waals surface area contributed by atoms with Gasteiger partial charge in [-0.25, -0.2) is 4.79 Å². The zero-order valence-electron chi connectivity index (χ0n) is 44.7. The molecule has 1 saturated carbocycles. The summed E-state index contributed by atoms with van der Waals surface area (Å²) in [5.41, 5.74) is -2.76. The summed E-state index contributed by atoms with van der Waals surface area (Å²) in [7, 11) is -4.44. The Morgan fingerprint density at radius 2 is 1.52 bits per heavy atom. The number of nitrogens with zero attached hydrogens (tertiary/aromatic N) is 2. The fourth-order valence-electron chi connectivity index (χ4n) is 9.67. The summed E-state index contributed by atoms with van der Waals surface area (Å²) >= 11 is 0. The molecule has 13 nitrogen and oxygen atoms in total. The van der Waals surface area contributed by atoms with Crippen molar-refractivity contribution in [3.63, 3.8) is 0 Å². The molecule has 0 aromatic carbocycles. The Bertz CT molecular complexity index is 1660. The summed E-state index contributed by atoms with van der Waals surface area (Å²) < 4.78 is 32.2. The third-order valence-electron chi connectivity index (χ3n) is 16.6. The zero-order chi connectivity index (χ0) is 50.5. The van der Waals surface area contributed by atoms with Crippen molar-refractivity contribution in [1.82, 2.24) is 9.80 Å². The van der Waals surface area contributed by atoms with Gasteiger partial charge in [0.05, 0.1) is 30.3 Å². The van der Waals surface area contributed by atoms with Crippen molar-refractivity contribution in [3.05, 3.63) is 23.8 Å². The standard InChI is InChI=1S/C52H96N2O11Si2/c1-17-41(65-67(15,16)50(8,9)10)37(4)46-42(61-46)34-52(12,60)47(57)40(55)32-36(3)45-35(2)24-25-43(62-48(58)54-30-28-53(29-31-54)38-22-20-18-19-21-23-38)51(11,59)27-26-39(33-44(56)63-45)64-66(13,14)49(5,6)7/h24-25,32,35,37-43,45-47,55,57,59-60H,17-23,26-31,33-34H2,1-16H3/t35?,37-,39?,40?,41+,42-,43?,45?,46-,47?,51?,52-/m1/s1. The SMILES string of the molecule is CC[C@H](O[Si](C)(C)C(C)(C)C)[C@@H](C)[C@H]1O[C@@H]1C[C@@](C)(O)C(O)C(O)C=C(C)C1OC(=O)CC(O[Si](C)(C)C(C)(C)C)CCC(C)(O)C(OC(=O)N2CCN(C3CCCCCC3)CC2)C=CC1C. The van der Waals surface area contributed by atoms with E-state index in [1.54, 1.807) is 30.9 Å². The van der Waals surface area contributed by atoms with E-state index in [0.29, 0.717) is 31.1 Å². The van der Waals surface area contributed by atoms with Gasteiger partial charge in [0.25, 0.3) is 0 Å². The van der Waals surface area contributed by atoms with Gasteiger partial charge < -0.3 is 48.4 Å². The van der Waals surface area contributed by atoms with E-state index in [1.807, 2.05) is 6.92 Å². The topological polar surface area (TPSA) is 171 Å². The molecule has 4 rings (SSSR count). The second-order valence-electron chi connectivity index (χ2n) is 24.5. The first-order valence-electron chi connectivity index (χ1n) is 25.9. The van der Waals surface area contributed by atoms with Gasteiger partial charge in [0.15, 0.2) is 22.7 Å². The van der Waals surface area contributed by atoms with Crippen molar-refractivity contribution in [1.29, 1.82) is 0 Å². The minimum absolute atomic E-state index is 0.00875. The summed E-state index contributed by atoms with van der Waals surface area (Å²) in [6.07, 6.45) is 7.19. The largest absolute Gasteiger partial charge is 0.457 e. The lowest BCUT2D eigenvalue weighted by atomic mass is 9.85. The van der Waals surface area contributed by atoms with Crippen LogP contribution in [0.2, 0.25) is 36.3 Å². The van der Waals surface area contributed by atoms with Crippen LogP contribution in [0.3, 0.4) is 0 Å². The second-order valence-corrected chi connectivity index (χ2v) is 34.0. The first-order valence-corrected chi connectivity index (χ1v) is 31.7. The van der Waals surface area contributed by atoms with Crippen molar-refractivity contribution in [2.75, 3.05) is 26.2 Å². The highest BCUT2D eigenvalue weighted by atomic mass is 28.4. The van der Waals surface area contributed by atoms with Gasteiger partial charge in [0.2, 0.25) is 0 Å². The summed E-state index contributed by atoms with van der Waals surface area (Å²) in [6, 6.07) is 0.557. The van der Waals surface area contributed by atoms with Crippen molar-refractivity contribution in [3.8, 4) is 0 Å². The van der Waals surface area contributed by atoms with Gasteiger partial charge in [-0.2, -0.15) is 0 Å². The minimum Gasteiger partial charge on any atom is -0.457 e. The lowest BCUT2D eigenvalue weighted by Gasteiger charge is -2.41. The normalized spacial score (nSPS) is 31.3. The number of rotatable bonds is 15. The highest BCUT2D eigenvalue weighted by molar-refractivity contribution is 6.74. The highest BCUT2D eigenvalue weighted by Gasteiger charge is 2.52. The third-order valence-corrected chi connectivity index (χ3v) is 25.6. The number of aliphatic hydroxyl groups excluding tert-OH is 2. The monoisotopic (exact) mass is 981 g/mol. The van der Waals surface area contributed by atoms with Gasteiger partial charge in [-0.15, -0.1) is 0 Å². The van der Waals surface area contributed by atoms with E-state index >= 15 is 0 Å². The molecule has 67 heavy (non-hydrogen) atoms. The minimum atomic E-state index is -2.40. The molecule has 0 bridgehead atoms. The number of epoxide rings is 1. The van der Waals surface area contributed by atoms with Crippen molar-refractivity contribution in [2.24, 2.45) is 11.8 Å². The number of hydrogen-bond acceptors (Lipinski definition) is 12. The van der Waals surface area contributed by atoms with Gasteiger partial charge in [-0.3, -0.25) is 9.69 Å². The molecular formula is C52H96N2O11Si2. The smallest absolute Gasteiger partial charge is 0.410 e. The average molecular weight is 982 g/mol. The molecule has 3 fully saturated rings. The Kier molecular flexibility index (Phi) is 20.1. The van der Waals surface area contributed by atoms with Crippen LogP contribution >= 0.6 is 0 Å². The Morgan fingerprint density at radius 1 is 0.940 bits per heavy atom. The van der Waals surface area contributed by atoms with Crippen LogP contribution in [0.5, 0.6) is 0 Å². The molecule has 4 aliphatic rings. The van der Waals surface area contributed by atoms with Crippen LogP contribution in [-0.4, -0.2) is 151 Å². The van der Waals surface area contributed by atoms with E-state index in [9.17, 15) is 30.0 Å². The van der Waals surface area contributed by atoms with E-state index in [2.05, 4.69) is 86.5 Å². The first kappa shape index (κ1) is 57.9. The molecular weight excluding hydrogens is 885 g/mol. The zero-order valence-corrected chi connectivity index (χ0v) is 46.7. The maximum absolute atomic E-state index is 13.9. The molecule has 1 amide bonds. The number of cyclic esters (lactones) is 1. The quantitative estimate of drug-likeness (QED) is 0.0404. The summed E-state index contributed by atoms with van der Waals surface area (Å²) in [6.45, 7) is 35.5. The molecule has 2 saturated heterocycles. The van der Waals surface area contributed by atoms with Crippen molar-refractivity contribution >= 4 is 28.7 Å². The Balaban J connectivity index is 1.54. The fourth-order valence-corrected chi connectivity index (χ4v) is 12.6. The second kappa shape index (κ2) is 23.3. The molecule has 0 radical (unpaired) electrons. The van der Waals surface area contributed by atoms with Crippen LogP contribution in [0, 0.1) is 11.8 Å². The lowest BCUT2D eigenvalue weighted by Crippen LogP contribution is -2.53. The van der Waals surface area contributed by atoms with Crippen LogP contribution in [0.4, 0.5) is 4.79 Å². The number of aliphatic hydroxyl groups is 4. The van der Waals surface area contributed by atoms with E-state index in [4.69, 9.17) is 23.1 Å². The molecule has 3 aliphatic heterocycles. The predicted molar refractivity (Wildman–Crippen MR) is 271 cm³/mol. The van der Waals surface area contributed by atoms with E-state index in [-0.39, 0.29) is 53.6 Å². The Hall–Kier alpha value is -1.67. The summed E-state index contributed by atoms with van der Waals surface area (Å²) in [5.74, 6) is -0.949. The molecule has 0 aromatic heterocycles. The van der Waals surface area contributed by atoms with Crippen LogP contribution in [0.15, 0.2) is 23.8 Å². The predicted octanol–water partition coefficient (Wildman–Crippen LogP) is 9.27. The van der Waals surface area contributed by atoms with E-state index in [0.717, 1.165) is 19.5 Å². The van der Waals surface area contributed by atoms with Crippen molar-refractivity contribution in [2.45, 2.75) is 256 Å². The lowest BCUT2D eigenvalue weighted by molar-refractivity contribution is -0.151. The molecule has 388 valence electrons. The van der Waals surface area contributed by atoms with E-state index < -0.39 is 76.3 Å². The average Bonchev–Trinajstić information content (AvgIpc) is 4.03. The van der Waals surface area contributed by atoms with E-state index in [1.165, 1.54) is 51.5 Å². The van der Waals surface area contributed by atoms with Gasteiger partial charge in [0.1, 0.15) is 23.9 Å². The number of ether oxygens (including phenoxy) is 3. The number of piperazine rings is 1. The molecule has 3 heterocycles.